The van der Waals surface area contributed by atoms with Gasteiger partial charge < -0.3 is 11.1 Å². The molecule has 1 unspecified atom stereocenters. The second kappa shape index (κ2) is 4.80. The maximum absolute atomic E-state index is 5.62. The van der Waals surface area contributed by atoms with E-state index >= 15 is 0 Å². The predicted octanol–water partition coefficient (Wildman–Crippen LogP) is 3.20. The molecule has 2 rings (SSSR count). The van der Waals surface area contributed by atoms with Gasteiger partial charge in [-0.15, -0.1) is 0 Å². The van der Waals surface area contributed by atoms with Gasteiger partial charge in [0.15, 0.2) is 0 Å². The SMILES string of the molecule is CC1(C)CCCCC1Nc1nc(N)ncc1Br. The Balaban J connectivity index is 2.16. The fourth-order valence-corrected chi connectivity index (χ4v) is 2.71. The zero-order valence-corrected chi connectivity index (χ0v) is 11.9. The summed E-state index contributed by atoms with van der Waals surface area (Å²) in [6, 6.07) is 0.446. The van der Waals surface area contributed by atoms with Crippen molar-refractivity contribution in [3.8, 4) is 0 Å². The third-order valence-corrected chi connectivity index (χ3v) is 4.16. The van der Waals surface area contributed by atoms with Crippen LogP contribution in [-0.2, 0) is 0 Å². The summed E-state index contributed by atoms with van der Waals surface area (Å²) < 4.78 is 0.869. The van der Waals surface area contributed by atoms with Crippen LogP contribution in [0, 0.1) is 5.41 Å². The smallest absolute Gasteiger partial charge is 0.221 e. The summed E-state index contributed by atoms with van der Waals surface area (Å²) in [5, 5.41) is 3.50. The van der Waals surface area contributed by atoms with Crippen LogP contribution in [0.15, 0.2) is 10.7 Å². The van der Waals surface area contributed by atoms with E-state index in [1.54, 1.807) is 6.20 Å². The number of hydrogen-bond donors (Lipinski definition) is 2. The Morgan fingerprint density at radius 3 is 2.94 bits per heavy atom. The molecule has 1 aliphatic carbocycles. The molecule has 3 N–H and O–H groups in total. The van der Waals surface area contributed by atoms with Crippen molar-refractivity contribution in [2.24, 2.45) is 5.41 Å². The van der Waals surface area contributed by atoms with Crippen molar-refractivity contribution in [1.29, 1.82) is 0 Å². The third-order valence-electron chi connectivity index (χ3n) is 3.58. The average Bonchev–Trinajstić information content (AvgIpc) is 2.26. The molecule has 5 heteroatoms. The highest BCUT2D eigenvalue weighted by Crippen LogP contribution is 2.37. The molecule has 0 radical (unpaired) electrons. The number of anilines is 2. The Bertz CT molecular complexity index is 405. The summed E-state index contributed by atoms with van der Waals surface area (Å²) in [7, 11) is 0. The van der Waals surface area contributed by atoms with Crippen molar-refractivity contribution >= 4 is 27.7 Å². The molecule has 94 valence electrons. The molecule has 0 amide bonds. The largest absolute Gasteiger partial charge is 0.368 e. The Hall–Kier alpha value is -0.840. The first-order valence-corrected chi connectivity index (χ1v) is 6.83. The zero-order chi connectivity index (χ0) is 12.5. The van der Waals surface area contributed by atoms with Gasteiger partial charge in [-0.1, -0.05) is 26.7 Å². The zero-order valence-electron chi connectivity index (χ0n) is 10.3. The van der Waals surface area contributed by atoms with E-state index in [2.05, 4.69) is 45.1 Å². The lowest BCUT2D eigenvalue weighted by atomic mass is 9.73. The first kappa shape index (κ1) is 12.6. The molecular formula is C12H19BrN4. The number of aromatic nitrogens is 2. The molecule has 1 aromatic rings. The van der Waals surface area contributed by atoms with Crippen LogP contribution in [-0.4, -0.2) is 16.0 Å². The van der Waals surface area contributed by atoms with Crippen LogP contribution in [0.1, 0.15) is 39.5 Å². The second-order valence-corrected chi connectivity index (χ2v) is 6.21. The Morgan fingerprint density at radius 2 is 2.24 bits per heavy atom. The minimum atomic E-state index is 0.303. The van der Waals surface area contributed by atoms with Crippen LogP contribution in [0.4, 0.5) is 11.8 Å². The van der Waals surface area contributed by atoms with Crippen LogP contribution in [0.2, 0.25) is 0 Å². The standard InChI is InChI=1S/C12H19BrN4/c1-12(2)6-4-3-5-9(12)16-10-8(13)7-15-11(14)17-10/h7,9H,3-6H2,1-2H3,(H3,14,15,16,17). The molecule has 1 fully saturated rings. The molecule has 0 aliphatic heterocycles. The molecule has 0 aromatic carbocycles. The van der Waals surface area contributed by atoms with Crippen molar-refractivity contribution in [3.63, 3.8) is 0 Å². The predicted molar refractivity (Wildman–Crippen MR) is 73.8 cm³/mol. The van der Waals surface area contributed by atoms with Gasteiger partial charge in [-0.2, -0.15) is 4.98 Å². The fraction of sp³-hybridized carbons (Fsp3) is 0.667. The van der Waals surface area contributed by atoms with Crippen molar-refractivity contribution in [3.05, 3.63) is 10.7 Å². The van der Waals surface area contributed by atoms with E-state index in [1.165, 1.54) is 25.7 Å². The number of nitrogen functional groups attached to an aromatic ring is 1. The topological polar surface area (TPSA) is 63.8 Å². The van der Waals surface area contributed by atoms with E-state index in [4.69, 9.17) is 5.73 Å². The van der Waals surface area contributed by atoms with E-state index < -0.39 is 0 Å². The van der Waals surface area contributed by atoms with Gasteiger partial charge in [0.25, 0.3) is 0 Å². The normalized spacial score (nSPS) is 23.4. The van der Waals surface area contributed by atoms with Gasteiger partial charge in [0, 0.05) is 12.2 Å². The minimum Gasteiger partial charge on any atom is -0.368 e. The summed E-state index contributed by atoms with van der Waals surface area (Å²) in [5.41, 5.74) is 5.92. The van der Waals surface area contributed by atoms with E-state index in [0.29, 0.717) is 17.4 Å². The average molecular weight is 299 g/mol. The van der Waals surface area contributed by atoms with Crippen molar-refractivity contribution in [1.82, 2.24) is 9.97 Å². The van der Waals surface area contributed by atoms with E-state index in [-0.39, 0.29) is 0 Å². The fourth-order valence-electron chi connectivity index (χ4n) is 2.41. The molecule has 1 atom stereocenters. The van der Waals surface area contributed by atoms with Gasteiger partial charge >= 0.3 is 0 Å². The van der Waals surface area contributed by atoms with Crippen molar-refractivity contribution < 1.29 is 0 Å². The Labute approximate surface area is 111 Å². The lowest BCUT2D eigenvalue weighted by Gasteiger charge is -2.39. The summed E-state index contributed by atoms with van der Waals surface area (Å²) in [5.74, 6) is 1.11. The monoisotopic (exact) mass is 298 g/mol. The number of hydrogen-bond acceptors (Lipinski definition) is 4. The van der Waals surface area contributed by atoms with Crippen LogP contribution in [0.25, 0.3) is 0 Å². The van der Waals surface area contributed by atoms with Gasteiger partial charge in [-0.25, -0.2) is 4.98 Å². The lowest BCUT2D eigenvalue weighted by Crippen LogP contribution is -2.39. The number of nitrogens with one attached hydrogen (secondary N) is 1. The van der Waals surface area contributed by atoms with Gasteiger partial charge in [-0.05, 0) is 34.2 Å². The summed E-state index contributed by atoms with van der Waals surface area (Å²) in [4.78, 5) is 8.19. The van der Waals surface area contributed by atoms with E-state index in [1.807, 2.05) is 0 Å². The summed E-state index contributed by atoms with van der Waals surface area (Å²) >= 11 is 3.45. The number of halogens is 1. The van der Waals surface area contributed by atoms with E-state index in [9.17, 15) is 0 Å². The molecule has 1 heterocycles. The first-order valence-electron chi connectivity index (χ1n) is 6.03. The maximum Gasteiger partial charge on any atom is 0.221 e. The second-order valence-electron chi connectivity index (χ2n) is 5.36. The first-order chi connectivity index (χ1) is 7.99. The van der Waals surface area contributed by atoms with Gasteiger partial charge in [-0.3, -0.25) is 0 Å². The molecule has 1 saturated carbocycles. The summed E-state index contributed by atoms with van der Waals surface area (Å²) in [6.45, 7) is 4.62. The van der Waals surface area contributed by atoms with E-state index in [0.717, 1.165) is 10.3 Å². The molecule has 0 bridgehead atoms. The van der Waals surface area contributed by atoms with Crippen molar-refractivity contribution in [2.75, 3.05) is 11.1 Å². The lowest BCUT2D eigenvalue weighted by molar-refractivity contribution is 0.216. The number of nitrogens with zero attached hydrogens (tertiary/aromatic N) is 2. The van der Waals surface area contributed by atoms with Crippen LogP contribution >= 0.6 is 15.9 Å². The third kappa shape index (κ3) is 2.89. The molecule has 0 spiro atoms. The quantitative estimate of drug-likeness (QED) is 0.880. The van der Waals surface area contributed by atoms with Crippen LogP contribution in [0.5, 0.6) is 0 Å². The summed E-state index contributed by atoms with van der Waals surface area (Å²) in [6.07, 6.45) is 6.73. The van der Waals surface area contributed by atoms with Gasteiger partial charge in [0.2, 0.25) is 5.95 Å². The molecule has 17 heavy (non-hydrogen) atoms. The molecule has 0 saturated heterocycles. The maximum atomic E-state index is 5.62. The highest BCUT2D eigenvalue weighted by atomic mass is 79.9. The number of rotatable bonds is 2. The molecular weight excluding hydrogens is 280 g/mol. The highest BCUT2D eigenvalue weighted by molar-refractivity contribution is 9.10. The Kier molecular flexibility index (Phi) is 3.56. The van der Waals surface area contributed by atoms with Crippen LogP contribution < -0.4 is 11.1 Å². The van der Waals surface area contributed by atoms with Gasteiger partial charge in [0.05, 0.1) is 4.47 Å². The van der Waals surface area contributed by atoms with Gasteiger partial charge in [0.1, 0.15) is 5.82 Å². The molecule has 1 aliphatic rings. The number of nitrogens with two attached hydrogens (primary N) is 1. The van der Waals surface area contributed by atoms with Crippen LogP contribution in [0.3, 0.4) is 0 Å². The highest BCUT2D eigenvalue weighted by Gasteiger charge is 2.32. The molecule has 4 nitrogen and oxygen atoms in total. The Morgan fingerprint density at radius 1 is 1.47 bits per heavy atom. The minimum absolute atomic E-state index is 0.303. The van der Waals surface area contributed by atoms with Crippen molar-refractivity contribution in [2.45, 2.75) is 45.6 Å². The molecule has 1 aromatic heterocycles.